The molecule has 1 atom stereocenters. The second kappa shape index (κ2) is 7.26. The lowest BCUT2D eigenvalue weighted by Gasteiger charge is -2.41. The number of aromatic amines is 1. The van der Waals surface area contributed by atoms with Gasteiger partial charge in [0.05, 0.1) is 28.2 Å². The molecule has 0 amide bonds. The van der Waals surface area contributed by atoms with Gasteiger partial charge < -0.3 is 14.6 Å². The molecule has 3 heterocycles. The summed E-state index contributed by atoms with van der Waals surface area (Å²) in [5, 5.41) is 1.03. The molecule has 8 heteroatoms. The van der Waals surface area contributed by atoms with Gasteiger partial charge in [0.1, 0.15) is 17.8 Å². The Bertz CT molecular complexity index is 983. The first kappa shape index (κ1) is 17.9. The fraction of sp³-hybridized carbons (Fsp3) is 0.421. The molecule has 0 radical (unpaired) electrons. The van der Waals surface area contributed by atoms with E-state index in [1.165, 1.54) is 0 Å². The summed E-state index contributed by atoms with van der Waals surface area (Å²) in [6, 6.07) is 4.25. The largest absolute Gasteiger partial charge is 0.481 e. The minimum absolute atomic E-state index is 0.412. The Morgan fingerprint density at radius 1 is 1.33 bits per heavy atom. The summed E-state index contributed by atoms with van der Waals surface area (Å²) in [5.41, 5.74) is 1.82. The molecule has 142 valence electrons. The molecule has 0 aliphatic heterocycles. The third-order valence-electron chi connectivity index (χ3n) is 5.30. The Kier molecular flexibility index (Phi) is 4.82. The van der Waals surface area contributed by atoms with Crippen molar-refractivity contribution in [3.05, 3.63) is 36.4 Å². The topological polar surface area (TPSA) is 84.0 Å². The van der Waals surface area contributed by atoms with E-state index in [0.29, 0.717) is 23.6 Å². The van der Waals surface area contributed by atoms with Gasteiger partial charge in [0.25, 0.3) is 0 Å². The molecular formula is C19H23N5O2S. The van der Waals surface area contributed by atoms with E-state index in [2.05, 4.69) is 31.9 Å². The van der Waals surface area contributed by atoms with Crippen molar-refractivity contribution in [1.82, 2.24) is 19.9 Å². The number of ether oxygens (including phenoxy) is 1. The molecule has 1 aliphatic carbocycles. The van der Waals surface area contributed by atoms with Crippen LogP contribution < -0.4 is 9.64 Å². The molecule has 0 aromatic carbocycles. The van der Waals surface area contributed by atoms with Crippen LogP contribution in [-0.2, 0) is 10.8 Å². The second-order valence-corrected chi connectivity index (χ2v) is 8.51. The van der Waals surface area contributed by atoms with E-state index in [9.17, 15) is 4.21 Å². The molecule has 1 aliphatic rings. The number of hydrogen-bond donors (Lipinski definition) is 1. The SMILES string of the molecule is COc1cc(C)c(S(=O)CC2CC(N(C)c3ncnc4[nH]ccc34)C2)cn1. The Hall–Kier alpha value is -2.48. The van der Waals surface area contributed by atoms with Crippen LogP contribution in [0, 0.1) is 12.8 Å². The Labute approximate surface area is 160 Å². The van der Waals surface area contributed by atoms with Gasteiger partial charge in [-0.2, -0.15) is 0 Å². The van der Waals surface area contributed by atoms with E-state index in [-0.39, 0.29) is 0 Å². The van der Waals surface area contributed by atoms with Crippen LogP contribution in [0.3, 0.4) is 0 Å². The lowest BCUT2D eigenvalue weighted by molar-refractivity contribution is 0.284. The molecule has 1 N–H and O–H groups in total. The van der Waals surface area contributed by atoms with E-state index in [4.69, 9.17) is 4.74 Å². The molecule has 0 saturated heterocycles. The summed E-state index contributed by atoms with van der Waals surface area (Å²) in [4.78, 5) is 19.0. The van der Waals surface area contributed by atoms with Gasteiger partial charge in [-0.25, -0.2) is 15.0 Å². The Morgan fingerprint density at radius 2 is 2.15 bits per heavy atom. The number of hydrogen-bond acceptors (Lipinski definition) is 6. The molecule has 0 spiro atoms. The van der Waals surface area contributed by atoms with E-state index in [1.54, 1.807) is 19.6 Å². The molecule has 0 bridgehead atoms. The Morgan fingerprint density at radius 3 is 2.89 bits per heavy atom. The molecule has 27 heavy (non-hydrogen) atoms. The monoisotopic (exact) mass is 385 g/mol. The van der Waals surface area contributed by atoms with Gasteiger partial charge in [-0.15, -0.1) is 0 Å². The highest BCUT2D eigenvalue weighted by Crippen LogP contribution is 2.36. The molecule has 7 nitrogen and oxygen atoms in total. The highest BCUT2D eigenvalue weighted by molar-refractivity contribution is 7.85. The summed E-state index contributed by atoms with van der Waals surface area (Å²) >= 11 is 0. The van der Waals surface area contributed by atoms with Gasteiger partial charge in [-0.3, -0.25) is 4.21 Å². The van der Waals surface area contributed by atoms with Crippen LogP contribution in [0.4, 0.5) is 5.82 Å². The van der Waals surface area contributed by atoms with Crippen molar-refractivity contribution in [3.63, 3.8) is 0 Å². The maximum Gasteiger partial charge on any atom is 0.213 e. The first-order valence-corrected chi connectivity index (χ1v) is 10.3. The van der Waals surface area contributed by atoms with Crippen LogP contribution >= 0.6 is 0 Å². The zero-order valence-corrected chi connectivity index (χ0v) is 16.5. The molecule has 1 unspecified atom stereocenters. The number of rotatable bonds is 6. The first-order valence-electron chi connectivity index (χ1n) is 8.96. The average Bonchev–Trinajstić information content (AvgIpc) is 3.12. The number of aryl methyl sites for hydroxylation is 1. The van der Waals surface area contributed by atoms with Crippen LogP contribution in [0.2, 0.25) is 0 Å². The van der Waals surface area contributed by atoms with E-state index < -0.39 is 10.8 Å². The maximum absolute atomic E-state index is 12.7. The number of anilines is 1. The van der Waals surface area contributed by atoms with Crippen molar-refractivity contribution in [1.29, 1.82) is 0 Å². The number of fused-ring (bicyclic) bond motifs is 1. The number of aromatic nitrogens is 4. The van der Waals surface area contributed by atoms with Crippen LogP contribution in [0.1, 0.15) is 18.4 Å². The number of nitrogens with zero attached hydrogens (tertiary/aromatic N) is 4. The van der Waals surface area contributed by atoms with Gasteiger partial charge in [-0.1, -0.05) is 0 Å². The molecule has 1 fully saturated rings. The fourth-order valence-electron chi connectivity index (χ4n) is 3.64. The van der Waals surface area contributed by atoms with Gasteiger partial charge >= 0.3 is 0 Å². The Balaban J connectivity index is 1.38. The first-order chi connectivity index (χ1) is 13.1. The van der Waals surface area contributed by atoms with E-state index >= 15 is 0 Å². The predicted octanol–water partition coefficient (Wildman–Crippen LogP) is 2.69. The zero-order chi connectivity index (χ0) is 19.0. The van der Waals surface area contributed by atoms with Crippen LogP contribution in [-0.4, -0.2) is 50.1 Å². The normalized spacial score (nSPS) is 20.3. The van der Waals surface area contributed by atoms with Crippen LogP contribution in [0.5, 0.6) is 5.88 Å². The summed E-state index contributed by atoms with van der Waals surface area (Å²) in [6.07, 6.45) is 7.18. The quantitative estimate of drug-likeness (QED) is 0.702. The third kappa shape index (κ3) is 3.41. The molecule has 1 saturated carbocycles. The van der Waals surface area contributed by atoms with Crippen molar-refractivity contribution in [2.24, 2.45) is 5.92 Å². The average molecular weight is 385 g/mol. The summed E-state index contributed by atoms with van der Waals surface area (Å²) in [5.74, 6) is 2.62. The van der Waals surface area contributed by atoms with Crippen LogP contribution in [0.15, 0.2) is 35.7 Å². The molecule has 3 aromatic heterocycles. The molecular weight excluding hydrogens is 362 g/mol. The molecule has 3 aromatic rings. The van der Waals surface area contributed by atoms with Crippen molar-refractivity contribution in [2.75, 3.05) is 24.8 Å². The maximum atomic E-state index is 12.7. The zero-order valence-electron chi connectivity index (χ0n) is 15.7. The predicted molar refractivity (Wildman–Crippen MR) is 106 cm³/mol. The number of methoxy groups -OCH3 is 1. The highest BCUT2D eigenvalue weighted by atomic mass is 32.2. The van der Waals surface area contributed by atoms with Crippen molar-refractivity contribution in [3.8, 4) is 5.88 Å². The van der Waals surface area contributed by atoms with Crippen molar-refractivity contribution in [2.45, 2.75) is 30.7 Å². The molecule has 4 rings (SSSR count). The number of pyridine rings is 1. The van der Waals surface area contributed by atoms with Gasteiger partial charge in [0, 0.05) is 37.3 Å². The van der Waals surface area contributed by atoms with Gasteiger partial charge in [0.2, 0.25) is 5.88 Å². The summed E-state index contributed by atoms with van der Waals surface area (Å²) in [6.45, 7) is 1.95. The lowest BCUT2D eigenvalue weighted by Crippen LogP contribution is -2.44. The minimum Gasteiger partial charge on any atom is -0.481 e. The fourth-order valence-corrected chi connectivity index (χ4v) is 5.11. The van der Waals surface area contributed by atoms with Crippen molar-refractivity contribution < 1.29 is 8.95 Å². The second-order valence-electron chi connectivity index (χ2n) is 7.04. The smallest absolute Gasteiger partial charge is 0.213 e. The van der Waals surface area contributed by atoms with E-state index in [0.717, 1.165) is 40.2 Å². The minimum atomic E-state index is -1.04. The summed E-state index contributed by atoms with van der Waals surface area (Å²) < 4.78 is 17.9. The summed E-state index contributed by atoms with van der Waals surface area (Å²) in [7, 11) is 2.62. The standard InChI is InChI=1S/C19H23N5O2S/c1-12-6-17(26-3)21-9-16(12)27(25)10-13-7-14(8-13)24(2)19-15-4-5-20-18(15)22-11-23-19/h4-6,9,11,13-14H,7-8,10H2,1-3H3,(H,20,22,23). The van der Waals surface area contributed by atoms with Gasteiger partial charge in [0.15, 0.2) is 0 Å². The number of nitrogens with one attached hydrogen (secondary N) is 1. The van der Waals surface area contributed by atoms with E-state index in [1.807, 2.05) is 25.3 Å². The lowest BCUT2D eigenvalue weighted by atomic mass is 9.81. The van der Waals surface area contributed by atoms with Crippen molar-refractivity contribution >= 4 is 27.7 Å². The third-order valence-corrected chi connectivity index (χ3v) is 7.00. The van der Waals surface area contributed by atoms with Gasteiger partial charge in [-0.05, 0) is 37.3 Å². The highest BCUT2D eigenvalue weighted by Gasteiger charge is 2.34. The number of H-pyrrole nitrogens is 1. The van der Waals surface area contributed by atoms with Crippen LogP contribution in [0.25, 0.3) is 11.0 Å².